The van der Waals surface area contributed by atoms with Crippen molar-refractivity contribution in [2.75, 3.05) is 39.4 Å². The third-order valence-electron chi connectivity index (χ3n) is 4.77. The molecular weight excluding hydrogens is 280 g/mol. The van der Waals surface area contributed by atoms with Crippen molar-refractivity contribution < 1.29 is 9.53 Å². The number of rotatable bonds is 4. The SMILES string of the molecule is Cc1cn[nH]c1[C@H]1CCCCN1C(=O)CCN1CCOCC1. The van der Waals surface area contributed by atoms with Crippen molar-refractivity contribution in [1.82, 2.24) is 20.0 Å². The predicted molar refractivity (Wildman–Crippen MR) is 83.5 cm³/mol. The summed E-state index contributed by atoms with van der Waals surface area (Å²) in [6.45, 7) is 7.22. The van der Waals surface area contributed by atoms with Gasteiger partial charge >= 0.3 is 0 Å². The number of carbonyl (C=O) groups excluding carboxylic acids is 1. The molecule has 0 aliphatic carbocycles. The molecule has 1 N–H and O–H groups in total. The van der Waals surface area contributed by atoms with Gasteiger partial charge in [-0.25, -0.2) is 0 Å². The lowest BCUT2D eigenvalue weighted by atomic mass is 9.97. The van der Waals surface area contributed by atoms with E-state index in [0.29, 0.717) is 6.42 Å². The van der Waals surface area contributed by atoms with Gasteiger partial charge in [-0.2, -0.15) is 5.10 Å². The highest BCUT2D eigenvalue weighted by molar-refractivity contribution is 5.77. The van der Waals surface area contributed by atoms with Gasteiger partial charge in [0.05, 0.1) is 31.1 Å². The summed E-state index contributed by atoms with van der Waals surface area (Å²) < 4.78 is 5.35. The van der Waals surface area contributed by atoms with Crippen LogP contribution < -0.4 is 0 Å². The van der Waals surface area contributed by atoms with Gasteiger partial charge in [-0.15, -0.1) is 0 Å². The fourth-order valence-electron chi connectivity index (χ4n) is 3.45. The maximum absolute atomic E-state index is 12.7. The Morgan fingerprint density at radius 1 is 1.36 bits per heavy atom. The largest absolute Gasteiger partial charge is 0.379 e. The summed E-state index contributed by atoms with van der Waals surface area (Å²) in [5.74, 6) is 0.269. The molecule has 0 saturated carbocycles. The molecular formula is C16H26N4O2. The topological polar surface area (TPSA) is 61.5 Å². The van der Waals surface area contributed by atoms with Crippen molar-refractivity contribution in [3.8, 4) is 0 Å². The number of morpholine rings is 1. The third kappa shape index (κ3) is 3.50. The van der Waals surface area contributed by atoms with Crippen LogP contribution in [-0.4, -0.2) is 65.3 Å². The number of aromatic amines is 1. The van der Waals surface area contributed by atoms with Crippen molar-refractivity contribution in [1.29, 1.82) is 0 Å². The van der Waals surface area contributed by atoms with Crippen molar-refractivity contribution in [2.24, 2.45) is 0 Å². The Hall–Kier alpha value is -1.40. The summed E-state index contributed by atoms with van der Waals surface area (Å²) in [6.07, 6.45) is 5.76. The van der Waals surface area contributed by atoms with Crippen LogP contribution in [0.1, 0.15) is 43.0 Å². The lowest BCUT2D eigenvalue weighted by molar-refractivity contribution is -0.135. The van der Waals surface area contributed by atoms with Gasteiger partial charge in [-0.1, -0.05) is 0 Å². The molecule has 3 rings (SSSR count). The first-order valence-electron chi connectivity index (χ1n) is 8.35. The smallest absolute Gasteiger partial charge is 0.224 e. The monoisotopic (exact) mass is 306 g/mol. The molecule has 3 heterocycles. The van der Waals surface area contributed by atoms with Crippen LogP contribution in [-0.2, 0) is 9.53 Å². The molecule has 2 fully saturated rings. The maximum atomic E-state index is 12.7. The van der Waals surface area contributed by atoms with E-state index in [1.165, 1.54) is 6.42 Å². The number of aromatic nitrogens is 2. The van der Waals surface area contributed by atoms with Gasteiger partial charge in [0.15, 0.2) is 0 Å². The molecule has 0 unspecified atom stereocenters. The molecule has 0 aromatic carbocycles. The quantitative estimate of drug-likeness (QED) is 0.915. The lowest BCUT2D eigenvalue weighted by Crippen LogP contribution is -2.42. The second kappa shape index (κ2) is 7.24. The lowest BCUT2D eigenvalue weighted by Gasteiger charge is -2.36. The molecule has 6 nitrogen and oxygen atoms in total. The number of hydrogen-bond donors (Lipinski definition) is 1. The summed E-state index contributed by atoms with van der Waals surface area (Å²) >= 11 is 0. The van der Waals surface area contributed by atoms with E-state index in [9.17, 15) is 4.79 Å². The van der Waals surface area contributed by atoms with Crippen molar-refractivity contribution >= 4 is 5.91 Å². The summed E-state index contributed by atoms with van der Waals surface area (Å²) in [5.41, 5.74) is 2.26. The molecule has 2 saturated heterocycles. The minimum absolute atomic E-state index is 0.174. The van der Waals surface area contributed by atoms with Crippen LogP contribution in [0.5, 0.6) is 0 Å². The predicted octanol–water partition coefficient (Wildman–Crippen LogP) is 1.49. The molecule has 22 heavy (non-hydrogen) atoms. The number of nitrogens with one attached hydrogen (secondary N) is 1. The van der Waals surface area contributed by atoms with Crippen LogP contribution in [0, 0.1) is 6.92 Å². The molecule has 1 atom stereocenters. The number of piperidine rings is 1. The number of amides is 1. The standard InChI is InChI=1S/C16H26N4O2/c1-13-12-17-18-16(13)14-4-2-3-6-20(14)15(21)5-7-19-8-10-22-11-9-19/h12,14H,2-11H2,1H3,(H,17,18)/t14-/m1/s1. The van der Waals surface area contributed by atoms with E-state index in [1.54, 1.807) is 0 Å². The second-order valence-electron chi connectivity index (χ2n) is 6.27. The summed E-state index contributed by atoms with van der Waals surface area (Å²) in [7, 11) is 0. The number of hydrogen-bond acceptors (Lipinski definition) is 4. The van der Waals surface area contributed by atoms with Gasteiger partial charge in [0.1, 0.15) is 0 Å². The van der Waals surface area contributed by atoms with Gasteiger partial charge in [0.2, 0.25) is 5.91 Å². The van der Waals surface area contributed by atoms with Gasteiger partial charge in [0, 0.05) is 32.6 Å². The van der Waals surface area contributed by atoms with Crippen LogP contribution >= 0.6 is 0 Å². The molecule has 0 bridgehead atoms. The fourth-order valence-corrected chi connectivity index (χ4v) is 3.45. The average molecular weight is 306 g/mol. The Bertz CT molecular complexity index is 496. The van der Waals surface area contributed by atoms with E-state index in [2.05, 4.69) is 26.9 Å². The van der Waals surface area contributed by atoms with E-state index in [4.69, 9.17) is 4.74 Å². The molecule has 2 aliphatic heterocycles. The third-order valence-corrected chi connectivity index (χ3v) is 4.77. The molecule has 2 aliphatic rings. The molecule has 6 heteroatoms. The number of carbonyl (C=O) groups is 1. The minimum Gasteiger partial charge on any atom is -0.379 e. The first-order valence-corrected chi connectivity index (χ1v) is 8.35. The van der Waals surface area contributed by atoms with E-state index < -0.39 is 0 Å². The highest BCUT2D eigenvalue weighted by Crippen LogP contribution is 2.31. The summed E-state index contributed by atoms with van der Waals surface area (Å²) in [6, 6.07) is 0.174. The highest BCUT2D eigenvalue weighted by atomic mass is 16.5. The minimum atomic E-state index is 0.174. The number of H-pyrrole nitrogens is 1. The zero-order valence-electron chi connectivity index (χ0n) is 13.4. The number of ether oxygens (including phenoxy) is 1. The Balaban J connectivity index is 1.60. The Morgan fingerprint density at radius 3 is 2.91 bits per heavy atom. The van der Waals surface area contributed by atoms with E-state index >= 15 is 0 Å². The van der Waals surface area contributed by atoms with Crippen molar-refractivity contribution in [3.05, 3.63) is 17.5 Å². The molecule has 1 aromatic heterocycles. The zero-order valence-corrected chi connectivity index (χ0v) is 13.4. The number of aryl methyl sites for hydroxylation is 1. The van der Waals surface area contributed by atoms with Gasteiger partial charge in [-0.05, 0) is 31.7 Å². The number of likely N-dealkylation sites (tertiary alicyclic amines) is 1. The maximum Gasteiger partial charge on any atom is 0.224 e. The molecule has 1 aromatic rings. The fraction of sp³-hybridized carbons (Fsp3) is 0.750. The Morgan fingerprint density at radius 2 is 2.18 bits per heavy atom. The average Bonchev–Trinajstić information content (AvgIpc) is 2.99. The highest BCUT2D eigenvalue weighted by Gasteiger charge is 2.30. The van der Waals surface area contributed by atoms with Gasteiger partial charge < -0.3 is 9.64 Å². The van der Waals surface area contributed by atoms with Crippen LogP contribution in [0.4, 0.5) is 0 Å². The summed E-state index contributed by atoms with van der Waals surface area (Å²) in [4.78, 5) is 17.1. The Kier molecular flexibility index (Phi) is 5.10. The van der Waals surface area contributed by atoms with Crippen LogP contribution in [0.2, 0.25) is 0 Å². The number of nitrogens with zero attached hydrogens (tertiary/aromatic N) is 3. The van der Waals surface area contributed by atoms with Crippen LogP contribution in [0.25, 0.3) is 0 Å². The van der Waals surface area contributed by atoms with E-state index in [-0.39, 0.29) is 11.9 Å². The summed E-state index contributed by atoms with van der Waals surface area (Å²) in [5, 5.41) is 7.22. The Labute approximate surface area is 131 Å². The molecule has 0 spiro atoms. The van der Waals surface area contributed by atoms with Crippen molar-refractivity contribution in [2.45, 2.75) is 38.6 Å². The first kappa shape index (κ1) is 15.5. The van der Waals surface area contributed by atoms with Gasteiger partial charge in [-0.3, -0.25) is 14.8 Å². The van der Waals surface area contributed by atoms with Crippen LogP contribution in [0.3, 0.4) is 0 Å². The molecule has 0 radical (unpaired) electrons. The molecule has 122 valence electrons. The van der Waals surface area contributed by atoms with Crippen molar-refractivity contribution in [3.63, 3.8) is 0 Å². The van der Waals surface area contributed by atoms with Crippen LogP contribution in [0.15, 0.2) is 6.20 Å². The first-order chi connectivity index (χ1) is 10.8. The zero-order chi connectivity index (χ0) is 15.4. The normalized spacial score (nSPS) is 23.7. The van der Waals surface area contributed by atoms with E-state index in [0.717, 1.165) is 63.5 Å². The van der Waals surface area contributed by atoms with Gasteiger partial charge in [0.25, 0.3) is 0 Å². The second-order valence-corrected chi connectivity index (χ2v) is 6.27. The van der Waals surface area contributed by atoms with E-state index in [1.807, 2.05) is 6.20 Å². The molecule has 1 amide bonds.